The highest BCUT2D eigenvalue weighted by Crippen LogP contribution is 2.21. The molecule has 3 rings (SSSR count). The number of hydrogen-bond acceptors (Lipinski definition) is 2. The molecule has 122 valence electrons. The molecule has 0 fully saturated rings. The van der Waals surface area contributed by atoms with Gasteiger partial charge in [0.15, 0.2) is 6.10 Å². The number of fused-ring (bicyclic) bond motifs is 1. The van der Waals surface area contributed by atoms with E-state index in [4.69, 9.17) is 16.3 Å². The van der Waals surface area contributed by atoms with Gasteiger partial charge >= 0.3 is 0 Å². The van der Waals surface area contributed by atoms with E-state index in [1.54, 1.807) is 24.3 Å². The summed E-state index contributed by atoms with van der Waals surface area (Å²) in [5.74, 6) is 0.413. The first-order chi connectivity index (χ1) is 11.7. The second-order valence-corrected chi connectivity index (χ2v) is 5.96. The van der Waals surface area contributed by atoms with E-state index < -0.39 is 6.10 Å². The highest BCUT2D eigenvalue weighted by molar-refractivity contribution is 6.30. The molecule has 1 N–H and O–H groups in total. The van der Waals surface area contributed by atoms with Crippen molar-refractivity contribution in [3.63, 3.8) is 0 Å². The molecule has 4 heteroatoms. The quantitative estimate of drug-likeness (QED) is 0.686. The molecule has 0 saturated heterocycles. The molecule has 0 aliphatic heterocycles. The minimum Gasteiger partial charge on any atom is -0.481 e. The van der Waals surface area contributed by atoms with Crippen LogP contribution in [0.25, 0.3) is 10.8 Å². The van der Waals surface area contributed by atoms with Crippen LogP contribution < -0.4 is 10.1 Å². The van der Waals surface area contributed by atoms with E-state index in [1.165, 1.54) is 0 Å². The molecule has 0 saturated carbocycles. The molecular weight excluding hydrogens is 322 g/mol. The largest absolute Gasteiger partial charge is 0.481 e. The maximum atomic E-state index is 12.5. The van der Waals surface area contributed by atoms with Crippen LogP contribution in [0.3, 0.4) is 0 Å². The fourth-order valence-corrected chi connectivity index (χ4v) is 2.70. The fraction of sp³-hybridized carbons (Fsp3) is 0.150. The molecule has 0 unspecified atom stereocenters. The molecule has 0 aromatic heterocycles. The second kappa shape index (κ2) is 7.37. The Morgan fingerprint density at radius 3 is 2.58 bits per heavy atom. The molecule has 3 aromatic rings. The Labute approximate surface area is 146 Å². The van der Waals surface area contributed by atoms with Gasteiger partial charge in [0.1, 0.15) is 5.75 Å². The number of nitrogens with one attached hydrogen (secondary N) is 1. The van der Waals surface area contributed by atoms with Crippen LogP contribution in [0.15, 0.2) is 66.7 Å². The number of anilines is 1. The summed E-state index contributed by atoms with van der Waals surface area (Å²) in [7, 11) is 0. The smallest absolute Gasteiger partial charge is 0.265 e. The Morgan fingerprint density at radius 1 is 1.04 bits per heavy atom. The molecule has 0 bridgehead atoms. The highest BCUT2D eigenvalue weighted by atomic mass is 35.5. The maximum Gasteiger partial charge on any atom is 0.265 e. The van der Waals surface area contributed by atoms with Crippen molar-refractivity contribution in [3.8, 4) is 5.75 Å². The van der Waals surface area contributed by atoms with Gasteiger partial charge in [-0.3, -0.25) is 4.79 Å². The molecule has 1 amide bonds. The molecule has 0 spiro atoms. The number of halogens is 1. The topological polar surface area (TPSA) is 38.3 Å². The van der Waals surface area contributed by atoms with Gasteiger partial charge in [0.05, 0.1) is 0 Å². The number of carbonyl (C=O) groups is 1. The first kappa shape index (κ1) is 16.3. The van der Waals surface area contributed by atoms with E-state index in [0.29, 0.717) is 17.2 Å². The number of hydrogen-bond donors (Lipinski definition) is 1. The van der Waals surface area contributed by atoms with E-state index in [9.17, 15) is 4.79 Å². The predicted octanol–water partition coefficient (Wildman–Crippen LogP) is 5.29. The summed E-state index contributed by atoms with van der Waals surface area (Å²) >= 11 is 5.96. The molecule has 24 heavy (non-hydrogen) atoms. The van der Waals surface area contributed by atoms with Gasteiger partial charge in [-0.25, -0.2) is 0 Å². The van der Waals surface area contributed by atoms with Crippen LogP contribution in [0.2, 0.25) is 5.02 Å². The standard InChI is InChI=1S/C20H18ClNO2/c1-2-19(24-18-9-5-8-16(21)13-18)20(23)22-17-11-10-14-6-3-4-7-15(14)12-17/h3-13,19H,2H2,1H3,(H,22,23)/t19-/m1/s1. The van der Waals surface area contributed by atoms with E-state index in [-0.39, 0.29) is 5.91 Å². The normalized spacial score (nSPS) is 11.9. The van der Waals surface area contributed by atoms with Gasteiger partial charge in [-0.15, -0.1) is 0 Å². The molecular formula is C20H18ClNO2. The summed E-state index contributed by atoms with van der Waals surface area (Å²) in [6.45, 7) is 1.91. The zero-order valence-corrected chi connectivity index (χ0v) is 14.1. The lowest BCUT2D eigenvalue weighted by Gasteiger charge is -2.17. The molecule has 0 aliphatic rings. The molecule has 0 aliphatic carbocycles. The van der Waals surface area contributed by atoms with Crippen molar-refractivity contribution in [2.45, 2.75) is 19.4 Å². The van der Waals surface area contributed by atoms with Crippen LogP contribution in [0, 0.1) is 0 Å². The first-order valence-electron chi connectivity index (χ1n) is 7.87. The predicted molar refractivity (Wildman–Crippen MR) is 98.7 cm³/mol. The third-order valence-electron chi connectivity index (χ3n) is 3.75. The third-order valence-corrected chi connectivity index (χ3v) is 3.99. The minimum absolute atomic E-state index is 0.173. The summed E-state index contributed by atoms with van der Waals surface area (Å²) in [5.41, 5.74) is 0.756. The van der Waals surface area contributed by atoms with Gasteiger partial charge < -0.3 is 10.1 Å². The van der Waals surface area contributed by atoms with Crippen molar-refractivity contribution in [2.75, 3.05) is 5.32 Å². The van der Waals surface area contributed by atoms with Crippen LogP contribution in [0.4, 0.5) is 5.69 Å². The third kappa shape index (κ3) is 3.87. The van der Waals surface area contributed by atoms with Crippen LogP contribution in [0.1, 0.15) is 13.3 Å². The first-order valence-corrected chi connectivity index (χ1v) is 8.25. The number of amides is 1. The number of benzene rings is 3. The Morgan fingerprint density at radius 2 is 1.83 bits per heavy atom. The minimum atomic E-state index is -0.574. The molecule has 3 aromatic carbocycles. The molecule has 0 heterocycles. The summed E-state index contributed by atoms with van der Waals surface area (Å²) in [5, 5.41) is 5.72. The van der Waals surface area contributed by atoms with Crippen molar-refractivity contribution in [1.82, 2.24) is 0 Å². The van der Waals surface area contributed by atoms with E-state index >= 15 is 0 Å². The lowest BCUT2D eigenvalue weighted by molar-refractivity contribution is -0.122. The van der Waals surface area contributed by atoms with Crippen molar-refractivity contribution in [3.05, 3.63) is 71.8 Å². The Hall–Kier alpha value is -2.52. The van der Waals surface area contributed by atoms with Gasteiger partial charge in [-0.1, -0.05) is 54.9 Å². The average molecular weight is 340 g/mol. The summed E-state index contributed by atoms with van der Waals surface area (Å²) in [6, 6.07) is 20.9. The van der Waals surface area contributed by atoms with Gasteiger partial charge in [-0.05, 0) is 47.5 Å². The van der Waals surface area contributed by atoms with Crippen LogP contribution >= 0.6 is 11.6 Å². The van der Waals surface area contributed by atoms with Crippen molar-refractivity contribution < 1.29 is 9.53 Å². The van der Waals surface area contributed by atoms with Gasteiger partial charge in [0, 0.05) is 10.7 Å². The van der Waals surface area contributed by atoms with Crippen molar-refractivity contribution >= 4 is 34.0 Å². The Kier molecular flexibility index (Phi) is 5.02. The summed E-state index contributed by atoms with van der Waals surface area (Å²) in [6.07, 6.45) is -0.0127. The molecule has 1 atom stereocenters. The van der Waals surface area contributed by atoms with E-state index in [0.717, 1.165) is 16.5 Å². The monoisotopic (exact) mass is 339 g/mol. The summed E-state index contributed by atoms with van der Waals surface area (Å²) in [4.78, 5) is 12.5. The van der Waals surface area contributed by atoms with Gasteiger partial charge in [0.2, 0.25) is 0 Å². The van der Waals surface area contributed by atoms with Gasteiger partial charge in [0.25, 0.3) is 5.91 Å². The SMILES string of the molecule is CC[C@@H](Oc1cccc(Cl)c1)C(=O)Nc1ccc2ccccc2c1. The Balaban J connectivity index is 1.73. The number of rotatable bonds is 5. The molecule has 3 nitrogen and oxygen atoms in total. The summed E-state index contributed by atoms with van der Waals surface area (Å²) < 4.78 is 5.77. The van der Waals surface area contributed by atoms with Crippen LogP contribution in [-0.4, -0.2) is 12.0 Å². The molecule has 0 radical (unpaired) electrons. The lowest BCUT2D eigenvalue weighted by Crippen LogP contribution is -2.32. The van der Waals surface area contributed by atoms with Gasteiger partial charge in [-0.2, -0.15) is 0 Å². The zero-order valence-electron chi connectivity index (χ0n) is 13.3. The second-order valence-electron chi connectivity index (χ2n) is 5.52. The maximum absolute atomic E-state index is 12.5. The van der Waals surface area contributed by atoms with Crippen LogP contribution in [0.5, 0.6) is 5.75 Å². The average Bonchev–Trinajstić information content (AvgIpc) is 2.59. The number of carbonyl (C=O) groups excluding carboxylic acids is 1. The number of ether oxygens (including phenoxy) is 1. The van der Waals surface area contributed by atoms with E-state index in [1.807, 2.05) is 49.4 Å². The van der Waals surface area contributed by atoms with Crippen LogP contribution in [-0.2, 0) is 4.79 Å². The van der Waals surface area contributed by atoms with Crippen molar-refractivity contribution in [2.24, 2.45) is 0 Å². The van der Waals surface area contributed by atoms with E-state index in [2.05, 4.69) is 5.32 Å². The fourth-order valence-electron chi connectivity index (χ4n) is 2.52. The lowest BCUT2D eigenvalue weighted by atomic mass is 10.1. The zero-order chi connectivity index (χ0) is 16.9. The van der Waals surface area contributed by atoms with Crippen molar-refractivity contribution in [1.29, 1.82) is 0 Å². The Bertz CT molecular complexity index is 863. The highest BCUT2D eigenvalue weighted by Gasteiger charge is 2.18.